The minimum atomic E-state index is 0.540. The van der Waals surface area contributed by atoms with Gasteiger partial charge in [0.25, 0.3) is 0 Å². The minimum absolute atomic E-state index is 0.540. The molecule has 62 valence electrons. The third-order valence-electron chi connectivity index (χ3n) is 1.42. The first kappa shape index (κ1) is 8.47. The normalized spacial score (nSPS) is 9.00. The van der Waals surface area contributed by atoms with Crippen molar-refractivity contribution in [1.29, 1.82) is 5.26 Å². The van der Waals surface area contributed by atoms with Gasteiger partial charge in [0.15, 0.2) is 0 Å². The van der Waals surface area contributed by atoms with E-state index in [1.807, 2.05) is 6.07 Å². The molecule has 4 heteroatoms. The van der Waals surface area contributed by atoms with Crippen molar-refractivity contribution >= 4 is 5.69 Å². The maximum atomic E-state index is 8.66. The summed E-state index contributed by atoms with van der Waals surface area (Å²) < 4.78 is 0. The first-order valence-corrected chi connectivity index (χ1v) is 3.83. The molecule has 0 saturated carbocycles. The van der Waals surface area contributed by atoms with Crippen LogP contribution in [0.4, 0.5) is 5.69 Å². The smallest absolute Gasteiger partial charge is 0.103 e. The van der Waals surface area contributed by atoms with Gasteiger partial charge in [0, 0.05) is 6.54 Å². The average Bonchev–Trinajstić information content (AvgIpc) is 2.15. The van der Waals surface area contributed by atoms with Gasteiger partial charge in [-0.2, -0.15) is 15.5 Å². The molecule has 1 heterocycles. The number of nitrogens with one attached hydrogen (secondary N) is 1. The standard InChI is InChI=1S/C8H10N4/c1-2-3-10-8-6-12-11-5-7(8)4-9/h5-6H,2-3H2,1H3,(H,10,11). The molecule has 0 spiro atoms. The molecule has 0 unspecified atom stereocenters. The molecule has 4 nitrogen and oxygen atoms in total. The van der Waals surface area contributed by atoms with E-state index in [4.69, 9.17) is 5.26 Å². The highest BCUT2D eigenvalue weighted by molar-refractivity contribution is 5.54. The van der Waals surface area contributed by atoms with E-state index < -0.39 is 0 Å². The molecule has 0 aliphatic carbocycles. The number of hydrogen-bond donors (Lipinski definition) is 1. The summed E-state index contributed by atoms with van der Waals surface area (Å²) >= 11 is 0. The van der Waals surface area contributed by atoms with Crippen molar-refractivity contribution in [3.05, 3.63) is 18.0 Å². The molecule has 0 aliphatic rings. The first-order chi connectivity index (χ1) is 5.88. The van der Waals surface area contributed by atoms with Crippen LogP contribution in [0.25, 0.3) is 0 Å². The van der Waals surface area contributed by atoms with E-state index in [2.05, 4.69) is 22.4 Å². The van der Waals surface area contributed by atoms with Gasteiger partial charge in [0.2, 0.25) is 0 Å². The van der Waals surface area contributed by atoms with Crippen LogP contribution in [0.5, 0.6) is 0 Å². The van der Waals surface area contributed by atoms with Gasteiger partial charge in [-0.25, -0.2) is 0 Å². The lowest BCUT2D eigenvalue weighted by Gasteiger charge is -2.03. The second kappa shape index (κ2) is 4.29. The number of aromatic nitrogens is 2. The van der Waals surface area contributed by atoms with Gasteiger partial charge >= 0.3 is 0 Å². The van der Waals surface area contributed by atoms with Crippen molar-refractivity contribution < 1.29 is 0 Å². The lowest BCUT2D eigenvalue weighted by Crippen LogP contribution is -2.02. The monoisotopic (exact) mass is 162 g/mol. The zero-order chi connectivity index (χ0) is 8.81. The van der Waals surface area contributed by atoms with E-state index in [1.54, 1.807) is 6.20 Å². The van der Waals surface area contributed by atoms with E-state index >= 15 is 0 Å². The molecule has 1 aromatic rings. The summed E-state index contributed by atoms with van der Waals surface area (Å²) in [5.74, 6) is 0. The van der Waals surface area contributed by atoms with Crippen molar-refractivity contribution in [1.82, 2.24) is 10.2 Å². The topological polar surface area (TPSA) is 61.6 Å². The highest BCUT2D eigenvalue weighted by Crippen LogP contribution is 2.09. The third kappa shape index (κ3) is 1.92. The predicted molar refractivity (Wildman–Crippen MR) is 45.5 cm³/mol. The molecule has 0 aliphatic heterocycles. The molecular weight excluding hydrogens is 152 g/mol. The van der Waals surface area contributed by atoms with Crippen LogP contribution >= 0.6 is 0 Å². The van der Waals surface area contributed by atoms with Crippen LogP contribution in [0.3, 0.4) is 0 Å². The van der Waals surface area contributed by atoms with Crippen LogP contribution in [0.1, 0.15) is 18.9 Å². The highest BCUT2D eigenvalue weighted by Gasteiger charge is 1.99. The van der Waals surface area contributed by atoms with Crippen molar-refractivity contribution in [2.75, 3.05) is 11.9 Å². The molecule has 1 rings (SSSR count). The Morgan fingerprint density at radius 1 is 1.50 bits per heavy atom. The quantitative estimate of drug-likeness (QED) is 0.724. The van der Waals surface area contributed by atoms with Crippen LogP contribution in [0, 0.1) is 11.3 Å². The van der Waals surface area contributed by atoms with Crippen LogP contribution < -0.4 is 5.32 Å². The highest BCUT2D eigenvalue weighted by atomic mass is 15.1. The van der Waals surface area contributed by atoms with Gasteiger partial charge in [-0.3, -0.25) is 0 Å². The summed E-state index contributed by atoms with van der Waals surface area (Å²) in [5.41, 5.74) is 1.30. The number of hydrogen-bond acceptors (Lipinski definition) is 4. The summed E-state index contributed by atoms with van der Waals surface area (Å²) in [7, 11) is 0. The van der Waals surface area contributed by atoms with Crippen LogP contribution in [-0.2, 0) is 0 Å². The fourth-order valence-corrected chi connectivity index (χ4v) is 0.811. The molecule has 12 heavy (non-hydrogen) atoms. The molecule has 1 N–H and O–H groups in total. The van der Waals surface area contributed by atoms with Crippen molar-refractivity contribution in [2.24, 2.45) is 0 Å². The molecule has 0 bridgehead atoms. The molecule has 0 fully saturated rings. The lowest BCUT2D eigenvalue weighted by molar-refractivity contribution is 0.962. The summed E-state index contributed by atoms with van der Waals surface area (Å²) in [6.07, 6.45) is 4.04. The average molecular weight is 162 g/mol. The van der Waals surface area contributed by atoms with Gasteiger partial charge in [0.05, 0.1) is 23.6 Å². The van der Waals surface area contributed by atoms with Gasteiger partial charge in [0.1, 0.15) is 6.07 Å². The maximum absolute atomic E-state index is 8.66. The summed E-state index contributed by atoms with van der Waals surface area (Å²) in [5, 5.41) is 19.0. The van der Waals surface area contributed by atoms with Gasteiger partial charge < -0.3 is 5.32 Å². The largest absolute Gasteiger partial charge is 0.383 e. The van der Waals surface area contributed by atoms with Crippen molar-refractivity contribution in [3.8, 4) is 6.07 Å². The number of rotatable bonds is 3. The summed E-state index contributed by atoms with van der Waals surface area (Å²) in [4.78, 5) is 0. The second-order valence-corrected chi connectivity index (χ2v) is 2.36. The Morgan fingerprint density at radius 3 is 2.92 bits per heavy atom. The second-order valence-electron chi connectivity index (χ2n) is 2.36. The number of nitrogens with zero attached hydrogens (tertiary/aromatic N) is 3. The SMILES string of the molecule is CCCNc1cnncc1C#N. The molecule has 0 radical (unpaired) electrons. The third-order valence-corrected chi connectivity index (χ3v) is 1.42. The number of anilines is 1. The Balaban J connectivity index is 2.77. The first-order valence-electron chi connectivity index (χ1n) is 3.83. The van der Waals surface area contributed by atoms with Gasteiger partial charge in [-0.05, 0) is 6.42 Å². The molecule has 0 atom stereocenters. The fraction of sp³-hybridized carbons (Fsp3) is 0.375. The van der Waals surface area contributed by atoms with Crippen LogP contribution in [-0.4, -0.2) is 16.7 Å². The van der Waals surface area contributed by atoms with Crippen molar-refractivity contribution in [3.63, 3.8) is 0 Å². The molecular formula is C8H10N4. The van der Waals surface area contributed by atoms with E-state index in [9.17, 15) is 0 Å². The Hall–Kier alpha value is -1.63. The van der Waals surface area contributed by atoms with Crippen LogP contribution in [0.15, 0.2) is 12.4 Å². The van der Waals surface area contributed by atoms with E-state index in [-0.39, 0.29) is 0 Å². The minimum Gasteiger partial charge on any atom is -0.383 e. The zero-order valence-corrected chi connectivity index (χ0v) is 6.91. The van der Waals surface area contributed by atoms with Gasteiger partial charge in [-0.1, -0.05) is 6.92 Å². The Bertz CT molecular complexity index is 289. The van der Waals surface area contributed by atoms with Crippen LogP contribution in [0.2, 0.25) is 0 Å². The number of nitriles is 1. The van der Waals surface area contributed by atoms with E-state index in [1.165, 1.54) is 6.20 Å². The summed E-state index contributed by atoms with van der Waals surface area (Å²) in [6, 6.07) is 2.04. The van der Waals surface area contributed by atoms with E-state index in [0.29, 0.717) is 5.56 Å². The summed E-state index contributed by atoms with van der Waals surface area (Å²) in [6.45, 7) is 2.91. The Kier molecular flexibility index (Phi) is 3.03. The molecule has 0 saturated heterocycles. The maximum Gasteiger partial charge on any atom is 0.103 e. The van der Waals surface area contributed by atoms with Gasteiger partial charge in [-0.15, -0.1) is 0 Å². The lowest BCUT2D eigenvalue weighted by atomic mass is 10.3. The van der Waals surface area contributed by atoms with Crippen molar-refractivity contribution in [2.45, 2.75) is 13.3 Å². The molecule has 0 aromatic carbocycles. The molecule has 0 amide bonds. The fourth-order valence-electron chi connectivity index (χ4n) is 0.811. The molecule has 1 aromatic heterocycles. The predicted octanol–water partition coefficient (Wildman–Crippen LogP) is 1.17. The Morgan fingerprint density at radius 2 is 2.25 bits per heavy atom. The zero-order valence-electron chi connectivity index (χ0n) is 6.91. The Labute approximate surface area is 71.2 Å². The van der Waals surface area contributed by atoms with E-state index in [0.717, 1.165) is 18.7 Å².